The first kappa shape index (κ1) is 14.4. The van der Waals surface area contributed by atoms with Gasteiger partial charge in [-0.25, -0.2) is 9.59 Å². The van der Waals surface area contributed by atoms with E-state index in [1.54, 1.807) is 20.8 Å². The number of H-pyrrole nitrogens is 1. The number of aromatic amines is 1. The number of ether oxygens (including phenoxy) is 1. The molecule has 1 atom stereocenters. The number of amides is 1. The smallest absolute Gasteiger partial charge is 0.407 e. The van der Waals surface area contributed by atoms with E-state index in [4.69, 9.17) is 9.84 Å². The van der Waals surface area contributed by atoms with E-state index in [0.717, 1.165) is 12.1 Å². The number of hydrogen-bond acceptors (Lipinski definition) is 4. The van der Waals surface area contributed by atoms with E-state index in [1.807, 2.05) is 0 Å². The highest BCUT2D eigenvalue weighted by molar-refractivity contribution is 5.87. The summed E-state index contributed by atoms with van der Waals surface area (Å²) in [6.45, 7) is 5.39. The maximum Gasteiger partial charge on any atom is 0.407 e. The van der Waals surface area contributed by atoms with Gasteiger partial charge in [0, 0.05) is 17.3 Å². The first-order valence-corrected chi connectivity index (χ1v) is 6.55. The van der Waals surface area contributed by atoms with Gasteiger partial charge in [-0.15, -0.1) is 0 Å². The lowest BCUT2D eigenvalue weighted by atomic mass is 9.91. The number of alkyl carbamates (subject to hydrolysis) is 1. The van der Waals surface area contributed by atoms with Crippen molar-refractivity contribution in [3.63, 3.8) is 0 Å². The van der Waals surface area contributed by atoms with Gasteiger partial charge in [-0.05, 0) is 40.0 Å². The number of nitrogens with one attached hydrogen (secondary N) is 2. The second kappa shape index (κ2) is 5.15. The Morgan fingerprint density at radius 1 is 1.45 bits per heavy atom. The topological polar surface area (TPSA) is 104 Å². The number of aryl methyl sites for hydroxylation is 1. The van der Waals surface area contributed by atoms with Gasteiger partial charge in [-0.2, -0.15) is 5.10 Å². The van der Waals surface area contributed by atoms with E-state index in [1.165, 1.54) is 0 Å². The highest BCUT2D eigenvalue weighted by Crippen LogP contribution is 2.23. The summed E-state index contributed by atoms with van der Waals surface area (Å²) in [5.41, 5.74) is 0.997. The minimum Gasteiger partial charge on any atom is -0.476 e. The third-order valence-electron chi connectivity index (χ3n) is 3.07. The highest BCUT2D eigenvalue weighted by Gasteiger charge is 2.28. The number of aromatic nitrogens is 2. The van der Waals surface area contributed by atoms with Gasteiger partial charge in [-0.3, -0.25) is 5.10 Å². The van der Waals surface area contributed by atoms with Gasteiger partial charge in [0.25, 0.3) is 0 Å². The second-order valence-electron chi connectivity index (χ2n) is 5.92. The predicted octanol–water partition coefficient (Wildman–Crippen LogP) is 1.49. The van der Waals surface area contributed by atoms with Gasteiger partial charge in [0.15, 0.2) is 5.69 Å². The van der Waals surface area contributed by atoms with Crippen molar-refractivity contribution < 1.29 is 19.4 Å². The van der Waals surface area contributed by atoms with Crippen LogP contribution in [-0.2, 0) is 17.6 Å². The van der Waals surface area contributed by atoms with Crippen molar-refractivity contribution >= 4 is 12.1 Å². The molecule has 110 valence electrons. The Bertz CT molecular complexity index is 530. The Hall–Kier alpha value is -2.05. The molecule has 7 heteroatoms. The monoisotopic (exact) mass is 281 g/mol. The molecule has 0 saturated carbocycles. The molecule has 0 spiro atoms. The zero-order valence-electron chi connectivity index (χ0n) is 11.8. The van der Waals surface area contributed by atoms with Gasteiger partial charge in [-0.1, -0.05) is 0 Å². The summed E-state index contributed by atoms with van der Waals surface area (Å²) in [5, 5.41) is 18.4. The van der Waals surface area contributed by atoms with Crippen LogP contribution in [-0.4, -0.2) is 39.0 Å². The molecule has 1 unspecified atom stereocenters. The Balaban J connectivity index is 2.02. The average molecular weight is 281 g/mol. The van der Waals surface area contributed by atoms with E-state index in [-0.39, 0.29) is 11.7 Å². The number of hydrogen-bond donors (Lipinski definition) is 3. The van der Waals surface area contributed by atoms with Gasteiger partial charge in [0.1, 0.15) is 5.60 Å². The summed E-state index contributed by atoms with van der Waals surface area (Å²) < 4.78 is 5.20. The lowest BCUT2D eigenvalue weighted by Crippen LogP contribution is -2.42. The van der Waals surface area contributed by atoms with Gasteiger partial charge in [0.2, 0.25) is 0 Å². The van der Waals surface area contributed by atoms with Crippen LogP contribution in [0.5, 0.6) is 0 Å². The third kappa shape index (κ3) is 3.28. The van der Waals surface area contributed by atoms with E-state index in [0.29, 0.717) is 18.4 Å². The molecule has 1 aliphatic rings. The summed E-state index contributed by atoms with van der Waals surface area (Å²) in [6.07, 6.45) is 1.36. The Labute approximate surface area is 116 Å². The summed E-state index contributed by atoms with van der Waals surface area (Å²) in [4.78, 5) is 22.8. The molecule has 1 aromatic heterocycles. The second-order valence-corrected chi connectivity index (χ2v) is 5.92. The van der Waals surface area contributed by atoms with Crippen molar-refractivity contribution in [1.29, 1.82) is 0 Å². The largest absolute Gasteiger partial charge is 0.476 e. The normalized spacial score (nSPS) is 18.2. The van der Waals surface area contributed by atoms with Crippen LogP contribution < -0.4 is 5.32 Å². The van der Waals surface area contributed by atoms with Crippen molar-refractivity contribution in [3.05, 3.63) is 17.0 Å². The van der Waals surface area contributed by atoms with Crippen molar-refractivity contribution in [2.24, 2.45) is 0 Å². The molecule has 1 heterocycles. The molecule has 1 aliphatic carbocycles. The number of aromatic carboxylic acids is 1. The Kier molecular flexibility index (Phi) is 3.69. The molecule has 0 fully saturated rings. The molecule has 0 saturated heterocycles. The molecule has 1 amide bonds. The minimum atomic E-state index is -1.06. The Morgan fingerprint density at radius 3 is 2.75 bits per heavy atom. The fourth-order valence-corrected chi connectivity index (χ4v) is 2.27. The molecule has 1 aromatic rings. The molecule has 20 heavy (non-hydrogen) atoms. The predicted molar refractivity (Wildman–Crippen MR) is 70.7 cm³/mol. The number of carbonyl (C=O) groups is 2. The van der Waals surface area contributed by atoms with E-state index in [2.05, 4.69) is 15.5 Å². The van der Waals surface area contributed by atoms with Crippen LogP contribution in [0.1, 0.15) is 48.9 Å². The zero-order valence-corrected chi connectivity index (χ0v) is 11.8. The molecule has 0 aromatic carbocycles. The number of carboxylic acid groups (broad SMARTS) is 1. The third-order valence-corrected chi connectivity index (χ3v) is 3.07. The van der Waals surface area contributed by atoms with Crippen LogP contribution in [0.25, 0.3) is 0 Å². The van der Waals surface area contributed by atoms with Crippen LogP contribution in [0.3, 0.4) is 0 Å². The average Bonchev–Trinajstić information content (AvgIpc) is 2.69. The van der Waals surface area contributed by atoms with Crippen LogP contribution >= 0.6 is 0 Å². The quantitative estimate of drug-likeness (QED) is 0.761. The van der Waals surface area contributed by atoms with Gasteiger partial charge < -0.3 is 15.2 Å². The molecule has 2 rings (SSSR count). The van der Waals surface area contributed by atoms with Crippen LogP contribution in [0.15, 0.2) is 0 Å². The van der Waals surface area contributed by atoms with E-state index < -0.39 is 17.7 Å². The van der Waals surface area contributed by atoms with Crippen molar-refractivity contribution in [2.45, 2.75) is 51.7 Å². The van der Waals surface area contributed by atoms with Crippen molar-refractivity contribution in [2.75, 3.05) is 0 Å². The van der Waals surface area contributed by atoms with E-state index in [9.17, 15) is 9.59 Å². The number of nitrogens with zero attached hydrogens (tertiary/aromatic N) is 1. The molecular formula is C13H19N3O4. The number of rotatable bonds is 2. The molecule has 0 aliphatic heterocycles. The van der Waals surface area contributed by atoms with Crippen LogP contribution in [0.2, 0.25) is 0 Å². The Morgan fingerprint density at radius 2 is 2.15 bits per heavy atom. The zero-order chi connectivity index (χ0) is 14.9. The summed E-state index contributed by atoms with van der Waals surface area (Å²) >= 11 is 0. The molecular weight excluding hydrogens is 262 g/mol. The SMILES string of the molecule is CC(C)(C)OC(=O)NC1CCc2[nH]nc(C(=O)O)c2C1. The summed E-state index contributed by atoms with van der Waals surface area (Å²) in [5.74, 6) is -1.06. The fraction of sp³-hybridized carbons (Fsp3) is 0.615. The first-order valence-electron chi connectivity index (χ1n) is 6.55. The highest BCUT2D eigenvalue weighted by atomic mass is 16.6. The van der Waals surface area contributed by atoms with E-state index >= 15 is 0 Å². The number of carboxylic acids is 1. The van der Waals surface area contributed by atoms with Crippen molar-refractivity contribution in [3.8, 4) is 0 Å². The van der Waals surface area contributed by atoms with Crippen molar-refractivity contribution in [1.82, 2.24) is 15.5 Å². The summed E-state index contributed by atoms with van der Waals surface area (Å²) in [7, 11) is 0. The van der Waals surface area contributed by atoms with Gasteiger partial charge in [0.05, 0.1) is 0 Å². The maximum atomic E-state index is 11.7. The lowest BCUT2D eigenvalue weighted by Gasteiger charge is -2.26. The van der Waals surface area contributed by atoms with Crippen LogP contribution in [0, 0.1) is 0 Å². The van der Waals surface area contributed by atoms with Gasteiger partial charge >= 0.3 is 12.1 Å². The maximum absolute atomic E-state index is 11.7. The fourth-order valence-electron chi connectivity index (χ4n) is 2.27. The summed E-state index contributed by atoms with van der Waals surface area (Å²) in [6, 6.07) is -0.131. The molecule has 0 bridgehead atoms. The lowest BCUT2D eigenvalue weighted by molar-refractivity contribution is 0.0500. The standard InChI is InChI=1S/C13H19N3O4/c1-13(2,3)20-12(19)14-7-4-5-9-8(6-7)10(11(17)18)16-15-9/h7H,4-6H2,1-3H3,(H,14,19)(H,15,16)(H,17,18). The van der Waals surface area contributed by atoms with Crippen LogP contribution in [0.4, 0.5) is 4.79 Å². The number of carbonyl (C=O) groups excluding carboxylic acids is 1. The minimum absolute atomic E-state index is 0.0377. The number of fused-ring (bicyclic) bond motifs is 1. The molecule has 7 nitrogen and oxygen atoms in total. The molecule has 0 radical (unpaired) electrons. The molecule has 3 N–H and O–H groups in total. The first-order chi connectivity index (χ1) is 9.26.